The number of hydrogen-bond donors (Lipinski definition) is 1. The molecule has 2 nitrogen and oxygen atoms in total. The van der Waals surface area contributed by atoms with Crippen LogP contribution in [0.15, 0.2) is 0 Å². The Morgan fingerprint density at radius 2 is 2.38 bits per heavy atom. The van der Waals surface area contributed by atoms with Gasteiger partial charge in [-0.3, -0.25) is 0 Å². The molecule has 1 aliphatic heterocycles. The quantitative estimate of drug-likeness (QED) is 0.551. The minimum atomic E-state index is -0.781. The highest BCUT2D eigenvalue weighted by Gasteiger charge is 2.24. The zero-order valence-electron chi connectivity index (χ0n) is 7.46. The van der Waals surface area contributed by atoms with Gasteiger partial charge in [0.2, 0.25) is 0 Å². The predicted octanol–water partition coefficient (Wildman–Crippen LogP) is 1.01. The van der Waals surface area contributed by atoms with Crippen LogP contribution in [0.5, 0.6) is 0 Å². The van der Waals surface area contributed by atoms with Gasteiger partial charge in [0.05, 0.1) is 6.61 Å². The second-order valence-corrected chi connectivity index (χ2v) is 2.99. The van der Waals surface area contributed by atoms with E-state index in [0.29, 0.717) is 13.2 Å². The van der Waals surface area contributed by atoms with Gasteiger partial charge in [0.25, 0.3) is 0 Å². The van der Waals surface area contributed by atoms with Crippen LogP contribution in [0.25, 0.3) is 0 Å². The van der Waals surface area contributed by atoms with Gasteiger partial charge in [0, 0.05) is 12.5 Å². The summed E-state index contributed by atoms with van der Waals surface area (Å²) < 4.78 is 18.2. The summed E-state index contributed by atoms with van der Waals surface area (Å²) in [5, 5.41) is 2.98. The summed E-state index contributed by atoms with van der Waals surface area (Å²) in [4.78, 5) is 0. The van der Waals surface area contributed by atoms with Gasteiger partial charge in [-0.1, -0.05) is 5.92 Å². The highest BCUT2D eigenvalue weighted by molar-refractivity contribution is 5.85. The molecule has 0 spiro atoms. The van der Waals surface area contributed by atoms with Crippen molar-refractivity contribution in [3.8, 4) is 12.3 Å². The number of piperidine rings is 1. The maximum atomic E-state index is 13.1. The monoisotopic (exact) mass is 207 g/mol. The molecule has 1 fully saturated rings. The van der Waals surface area contributed by atoms with Crippen molar-refractivity contribution in [1.29, 1.82) is 0 Å². The molecule has 0 bridgehead atoms. The summed E-state index contributed by atoms with van der Waals surface area (Å²) in [6, 6.07) is 0. The van der Waals surface area contributed by atoms with Crippen LogP contribution < -0.4 is 5.32 Å². The molecule has 76 valence electrons. The third kappa shape index (κ3) is 4.47. The first kappa shape index (κ1) is 12.7. The minimum absolute atomic E-state index is 0. The lowest BCUT2D eigenvalue weighted by molar-refractivity contribution is 0.0656. The molecule has 0 aliphatic carbocycles. The van der Waals surface area contributed by atoms with E-state index < -0.39 is 6.17 Å². The summed E-state index contributed by atoms with van der Waals surface area (Å²) in [6.45, 7) is 2.07. The lowest BCUT2D eigenvalue weighted by atomic mass is 9.97. The van der Waals surface area contributed by atoms with Gasteiger partial charge in [0.1, 0.15) is 12.8 Å². The third-order valence-corrected chi connectivity index (χ3v) is 2.06. The molecule has 4 heteroatoms. The average molecular weight is 208 g/mol. The van der Waals surface area contributed by atoms with Gasteiger partial charge < -0.3 is 10.1 Å². The van der Waals surface area contributed by atoms with E-state index in [1.54, 1.807) is 0 Å². The van der Waals surface area contributed by atoms with E-state index in [0.717, 1.165) is 13.0 Å². The molecule has 2 unspecified atom stereocenters. The molecule has 0 amide bonds. The van der Waals surface area contributed by atoms with E-state index in [2.05, 4.69) is 11.2 Å². The number of rotatable bonds is 3. The molecular formula is C9H15ClFNO. The first-order valence-electron chi connectivity index (χ1n) is 4.20. The summed E-state index contributed by atoms with van der Waals surface area (Å²) >= 11 is 0. The van der Waals surface area contributed by atoms with Gasteiger partial charge in [0.15, 0.2) is 0 Å². The second kappa shape index (κ2) is 7.14. The molecule has 1 heterocycles. The Morgan fingerprint density at radius 1 is 1.62 bits per heavy atom. The normalized spacial score (nSPS) is 27.4. The lowest BCUT2D eigenvalue weighted by Gasteiger charge is -2.25. The van der Waals surface area contributed by atoms with E-state index in [1.165, 1.54) is 0 Å². The first-order chi connectivity index (χ1) is 5.84. The summed E-state index contributed by atoms with van der Waals surface area (Å²) in [5.41, 5.74) is 0. The van der Waals surface area contributed by atoms with Crippen LogP contribution in [-0.4, -0.2) is 32.5 Å². The van der Waals surface area contributed by atoms with Gasteiger partial charge in [-0.15, -0.1) is 18.8 Å². The zero-order chi connectivity index (χ0) is 8.81. The van der Waals surface area contributed by atoms with Crippen molar-refractivity contribution >= 4 is 12.4 Å². The number of nitrogens with one attached hydrogen (secondary N) is 1. The van der Waals surface area contributed by atoms with Crippen molar-refractivity contribution in [2.75, 3.05) is 26.3 Å². The summed E-state index contributed by atoms with van der Waals surface area (Å²) in [7, 11) is 0. The number of hydrogen-bond acceptors (Lipinski definition) is 2. The maximum Gasteiger partial charge on any atom is 0.118 e. The molecule has 1 aliphatic rings. The highest BCUT2D eigenvalue weighted by Crippen LogP contribution is 2.15. The van der Waals surface area contributed by atoms with Crippen LogP contribution in [0.3, 0.4) is 0 Å². The van der Waals surface area contributed by atoms with Gasteiger partial charge in [-0.25, -0.2) is 4.39 Å². The Balaban J connectivity index is 0.00000144. The smallest absolute Gasteiger partial charge is 0.118 e. The van der Waals surface area contributed by atoms with Crippen molar-refractivity contribution in [1.82, 2.24) is 5.32 Å². The van der Waals surface area contributed by atoms with Gasteiger partial charge >= 0.3 is 0 Å². The van der Waals surface area contributed by atoms with Crippen LogP contribution in [0, 0.1) is 18.3 Å². The fraction of sp³-hybridized carbons (Fsp3) is 0.778. The van der Waals surface area contributed by atoms with Crippen molar-refractivity contribution in [3.05, 3.63) is 0 Å². The Morgan fingerprint density at radius 3 is 3.00 bits per heavy atom. The Labute approximate surface area is 84.6 Å². The molecule has 1 saturated heterocycles. The molecule has 0 aromatic carbocycles. The number of halogens is 2. The Kier molecular flexibility index (Phi) is 6.97. The van der Waals surface area contributed by atoms with E-state index in [4.69, 9.17) is 11.2 Å². The summed E-state index contributed by atoms with van der Waals surface area (Å²) in [6.07, 6.45) is 5.06. The highest BCUT2D eigenvalue weighted by atomic mass is 35.5. The van der Waals surface area contributed by atoms with E-state index in [1.807, 2.05) is 0 Å². The fourth-order valence-electron chi connectivity index (χ4n) is 1.33. The van der Waals surface area contributed by atoms with Crippen LogP contribution in [0.4, 0.5) is 4.39 Å². The fourth-order valence-corrected chi connectivity index (χ4v) is 1.33. The van der Waals surface area contributed by atoms with E-state index >= 15 is 0 Å². The number of terminal acetylenes is 1. The SMILES string of the molecule is C#CCOCC1CCNCC1F.Cl. The lowest BCUT2D eigenvalue weighted by Crippen LogP contribution is -2.40. The maximum absolute atomic E-state index is 13.1. The molecule has 0 saturated carbocycles. The van der Waals surface area contributed by atoms with Crippen molar-refractivity contribution < 1.29 is 9.13 Å². The Bertz CT molecular complexity index is 171. The molecule has 0 aromatic heterocycles. The minimum Gasteiger partial charge on any atom is -0.368 e. The van der Waals surface area contributed by atoms with Crippen LogP contribution >= 0.6 is 12.4 Å². The van der Waals surface area contributed by atoms with Crippen molar-refractivity contribution in [2.24, 2.45) is 5.92 Å². The molecule has 2 atom stereocenters. The van der Waals surface area contributed by atoms with Gasteiger partial charge in [-0.2, -0.15) is 0 Å². The molecular weight excluding hydrogens is 193 g/mol. The molecule has 13 heavy (non-hydrogen) atoms. The van der Waals surface area contributed by atoms with Crippen LogP contribution in [-0.2, 0) is 4.74 Å². The van der Waals surface area contributed by atoms with E-state index in [9.17, 15) is 4.39 Å². The second-order valence-electron chi connectivity index (χ2n) is 2.99. The molecule has 0 radical (unpaired) electrons. The zero-order valence-corrected chi connectivity index (χ0v) is 8.28. The largest absolute Gasteiger partial charge is 0.368 e. The van der Waals surface area contributed by atoms with Crippen LogP contribution in [0.2, 0.25) is 0 Å². The topological polar surface area (TPSA) is 21.3 Å². The standard InChI is InChI=1S/C9H14FNO.ClH/c1-2-5-12-7-8-3-4-11-6-9(8)10;/h1,8-9,11H,3-7H2;1H. The molecule has 1 N–H and O–H groups in total. The van der Waals surface area contributed by atoms with Crippen molar-refractivity contribution in [3.63, 3.8) is 0 Å². The Hall–Kier alpha value is -0.300. The molecule has 1 rings (SSSR count). The van der Waals surface area contributed by atoms with E-state index in [-0.39, 0.29) is 24.9 Å². The number of alkyl halides is 1. The molecule has 0 aromatic rings. The number of ether oxygens (including phenoxy) is 1. The first-order valence-corrected chi connectivity index (χ1v) is 4.20. The summed E-state index contributed by atoms with van der Waals surface area (Å²) in [5.74, 6) is 2.39. The van der Waals surface area contributed by atoms with Crippen molar-refractivity contribution in [2.45, 2.75) is 12.6 Å². The average Bonchev–Trinajstić information content (AvgIpc) is 2.09. The third-order valence-electron chi connectivity index (χ3n) is 2.06. The van der Waals surface area contributed by atoms with Gasteiger partial charge in [-0.05, 0) is 13.0 Å². The predicted molar refractivity (Wildman–Crippen MR) is 52.8 cm³/mol. The van der Waals surface area contributed by atoms with Crippen LogP contribution in [0.1, 0.15) is 6.42 Å².